The van der Waals surface area contributed by atoms with Crippen molar-refractivity contribution in [3.05, 3.63) is 89.6 Å². The Hall–Kier alpha value is -2.90. The van der Waals surface area contributed by atoms with E-state index in [-0.39, 0.29) is 11.4 Å². The average Bonchev–Trinajstić information content (AvgIpc) is 3.39. The van der Waals surface area contributed by atoms with E-state index in [0.717, 1.165) is 10.4 Å². The largest absolute Gasteiger partial charge is 0.443 e. The van der Waals surface area contributed by atoms with E-state index >= 15 is 0 Å². The summed E-state index contributed by atoms with van der Waals surface area (Å²) in [5.74, 6) is 0.492. The molecule has 2 heterocycles. The van der Waals surface area contributed by atoms with Gasteiger partial charge >= 0.3 is 0 Å². The molecule has 0 spiro atoms. The highest BCUT2D eigenvalue weighted by Gasteiger charge is 2.27. The smallest absolute Gasteiger partial charge is 0.264 e. The number of hydrogen-bond acceptors (Lipinski definition) is 5. The Kier molecular flexibility index (Phi) is 5.02. The summed E-state index contributed by atoms with van der Waals surface area (Å²) in [6, 6.07) is 19.7. The zero-order valence-electron chi connectivity index (χ0n) is 15.1. The zero-order valence-corrected chi connectivity index (χ0v) is 16.8. The number of hydrogen-bond donors (Lipinski definition) is 0. The van der Waals surface area contributed by atoms with Gasteiger partial charge in [-0.1, -0.05) is 42.5 Å². The van der Waals surface area contributed by atoms with Crippen molar-refractivity contribution in [1.29, 1.82) is 0 Å². The summed E-state index contributed by atoms with van der Waals surface area (Å²) in [5.41, 5.74) is 2.03. The van der Waals surface area contributed by atoms with Gasteiger partial charge in [0.15, 0.2) is 0 Å². The maximum absolute atomic E-state index is 13.4. The second-order valence-electron chi connectivity index (χ2n) is 6.23. The van der Waals surface area contributed by atoms with Crippen molar-refractivity contribution in [2.45, 2.75) is 18.4 Å². The number of benzene rings is 2. The van der Waals surface area contributed by atoms with Crippen LogP contribution in [-0.2, 0) is 16.6 Å². The summed E-state index contributed by atoms with van der Waals surface area (Å²) in [7, 11) is -3.77. The van der Waals surface area contributed by atoms with Crippen molar-refractivity contribution in [3.8, 4) is 10.8 Å². The highest BCUT2D eigenvalue weighted by molar-refractivity contribution is 7.92. The van der Waals surface area contributed by atoms with E-state index in [1.165, 1.54) is 21.9 Å². The Balaban J connectivity index is 1.75. The summed E-state index contributed by atoms with van der Waals surface area (Å²) < 4.78 is 33.7. The molecule has 7 heteroatoms. The average molecular weight is 411 g/mol. The lowest BCUT2D eigenvalue weighted by Gasteiger charge is -2.25. The Bertz CT molecular complexity index is 1170. The summed E-state index contributed by atoms with van der Waals surface area (Å²) >= 11 is 1.52. The predicted octanol–water partition coefficient (Wildman–Crippen LogP) is 5.11. The van der Waals surface area contributed by atoms with Gasteiger partial charge in [0.05, 0.1) is 22.0 Å². The van der Waals surface area contributed by atoms with Crippen molar-refractivity contribution in [2.75, 3.05) is 4.31 Å². The van der Waals surface area contributed by atoms with Gasteiger partial charge in [-0.05, 0) is 42.1 Å². The first-order valence-corrected chi connectivity index (χ1v) is 11.0. The van der Waals surface area contributed by atoms with Crippen LogP contribution in [0.2, 0.25) is 0 Å². The van der Waals surface area contributed by atoms with Crippen LogP contribution in [0.5, 0.6) is 0 Å². The van der Waals surface area contributed by atoms with Crippen LogP contribution >= 0.6 is 11.3 Å². The minimum Gasteiger partial charge on any atom is -0.443 e. The summed E-state index contributed by atoms with van der Waals surface area (Å²) in [6.07, 6.45) is 1.51. The van der Waals surface area contributed by atoms with Crippen LogP contribution < -0.4 is 4.31 Å². The Morgan fingerprint density at radius 1 is 1.00 bits per heavy atom. The SMILES string of the molecule is Cc1ccccc1N(Cc1coc(-c2cccs2)n1)S(=O)(=O)c1ccccc1. The third kappa shape index (κ3) is 3.58. The molecule has 2 aromatic carbocycles. The molecule has 5 nitrogen and oxygen atoms in total. The van der Waals surface area contributed by atoms with Crippen LogP contribution in [0.25, 0.3) is 10.8 Å². The van der Waals surface area contributed by atoms with Gasteiger partial charge < -0.3 is 4.42 Å². The number of nitrogens with zero attached hydrogens (tertiary/aromatic N) is 2. The molecular formula is C21H18N2O3S2. The molecule has 0 aliphatic rings. The molecule has 0 aliphatic heterocycles. The maximum Gasteiger partial charge on any atom is 0.264 e. The molecule has 4 rings (SSSR count). The van der Waals surface area contributed by atoms with Crippen molar-refractivity contribution in [2.24, 2.45) is 0 Å². The molecule has 0 saturated carbocycles. The number of rotatable bonds is 6. The zero-order chi connectivity index (χ0) is 19.6. The van der Waals surface area contributed by atoms with Crippen molar-refractivity contribution in [3.63, 3.8) is 0 Å². The predicted molar refractivity (Wildman–Crippen MR) is 111 cm³/mol. The van der Waals surface area contributed by atoms with Crippen LogP contribution in [0.1, 0.15) is 11.3 Å². The first kappa shape index (κ1) is 18.5. The fraction of sp³-hybridized carbons (Fsp3) is 0.0952. The van der Waals surface area contributed by atoms with Crippen LogP contribution in [0, 0.1) is 6.92 Å². The highest BCUT2D eigenvalue weighted by atomic mass is 32.2. The Morgan fingerprint density at radius 3 is 2.46 bits per heavy atom. The van der Waals surface area contributed by atoms with E-state index in [1.807, 2.05) is 42.6 Å². The Morgan fingerprint density at radius 2 is 1.75 bits per heavy atom. The number of sulfonamides is 1. The highest BCUT2D eigenvalue weighted by Crippen LogP contribution is 2.30. The molecule has 0 aliphatic carbocycles. The third-order valence-electron chi connectivity index (χ3n) is 4.30. The fourth-order valence-corrected chi connectivity index (χ4v) is 5.08. The van der Waals surface area contributed by atoms with Crippen molar-refractivity contribution >= 4 is 27.0 Å². The first-order chi connectivity index (χ1) is 13.6. The quantitative estimate of drug-likeness (QED) is 0.443. The second-order valence-corrected chi connectivity index (χ2v) is 9.04. The van der Waals surface area contributed by atoms with Gasteiger partial charge in [0, 0.05) is 0 Å². The van der Waals surface area contributed by atoms with E-state index < -0.39 is 10.0 Å². The normalized spacial score (nSPS) is 11.5. The van der Waals surface area contributed by atoms with E-state index in [0.29, 0.717) is 17.3 Å². The number of thiophene rings is 1. The fourth-order valence-electron chi connectivity index (χ4n) is 2.90. The molecular weight excluding hydrogens is 392 g/mol. The summed E-state index contributed by atoms with van der Waals surface area (Å²) in [5, 5.41) is 1.94. The number of para-hydroxylation sites is 1. The first-order valence-electron chi connectivity index (χ1n) is 8.67. The lowest BCUT2D eigenvalue weighted by molar-refractivity contribution is 0.573. The van der Waals surface area contributed by atoms with Crippen molar-refractivity contribution in [1.82, 2.24) is 4.98 Å². The molecule has 0 bridgehead atoms. The van der Waals surface area contributed by atoms with Gasteiger partial charge in [0.1, 0.15) is 12.0 Å². The van der Waals surface area contributed by atoms with Crippen LogP contribution in [0.3, 0.4) is 0 Å². The van der Waals surface area contributed by atoms with Gasteiger partial charge in [-0.3, -0.25) is 4.31 Å². The topological polar surface area (TPSA) is 63.4 Å². The molecule has 0 N–H and O–H groups in total. The van der Waals surface area contributed by atoms with Gasteiger partial charge in [0.25, 0.3) is 10.0 Å². The number of aryl methyl sites for hydroxylation is 1. The summed E-state index contributed by atoms with van der Waals surface area (Å²) in [6.45, 7) is 1.97. The molecule has 0 saturated heterocycles. The van der Waals surface area contributed by atoms with E-state index in [2.05, 4.69) is 4.98 Å². The van der Waals surface area contributed by atoms with Crippen molar-refractivity contribution < 1.29 is 12.8 Å². The van der Waals surface area contributed by atoms with E-state index in [4.69, 9.17) is 4.42 Å². The number of oxazole rings is 1. The molecule has 0 radical (unpaired) electrons. The van der Waals surface area contributed by atoms with Crippen LogP contribution in [0.15, 0.2) is 87.7 Å². The molecule has 142 valence electrons. The Labute approximate surface area is 168 Å². The maximum atomic E-state index is 13.4. The number of aromatic nitrogens is 1. The molecule has 4 aromatic rings. The minimum absolute atomic E-state index is 0.0803. The lowest BCUT2D eigenvalue weighted by atomic mass is 10.2. The number of anilines is 1. The van der Waals surface area contributed by atoms with Gasteiger partial charge in [-0.25, -0.2) is 13.4 Å². The van der Waals surface area contributed by atoms with E-state index in [1.54, 1.807) is 36.4 Å². The monoisotopic (exact) mass is 410 g/mol. The van der Waals surface area contributed by atoms with Gasteiger partial charge in [-0.15, -0.1) is 11.3 Å². The molecule has 0 fully saturated rings. The van der Waals surface area contributed by atoms with Gasteiger partial charge in [0.2, 0.25) is 5.89 Å². The summed E-state index contributed by atoms with van der Waals surface area (Å²) in [4.78, 5) is 5.63. The molecule has 0 atom stereocenters. The standard InChI is InChI=1S/C21H18N2O3S2/c1-16-8-5-6-11-19(16)23(28(24,25)18-9-3-2-4-10-18)14-17-15-26-21(22-17)20-12-7-13-27-20/h2-13,15H,14H2,1H3. The second kappa shape index (κ2) is 7.61. The third-order valence-corrected chi connectivity index (χ3v) is 6.94. The lowest BCUT2D eigenvalue weighted by Crippen LogP contribution is -2.31. The van der Waals surface area contributed by atoms with Crippen LogP contribution in [-0.4, -0.2) is 13.4 Å². The molecule has 28 heavy (non-hydrogen) atoms. The molecule has 2 aromatic heterocycles. The van der Waals surface area contributed by atoms with Crippen LogP contribution in [0.4, 0.5) is 5.69 Å². The molecule has 0 unspecified atom stereocenters. The van der Waals surface area contributed by atoms with Gasteiger partial charge in [-0.2, -0.15) is 0 Å². The molecule has 0 amide bonds. The minimum atomic E-state index is -3.77. The van der Waals surface area contributed by atoms with E-state index in [9.17, 15) is 8.42 Å².